The number of aromatic nitrogens is 2. The summed E-state index contributed by atoms with van der Waals surface area (Å²) < 4.78 is 8.45. The summed E-state index contributed by atoms with van der Waals surface area (Å²) in [7, 11) is 0. The number of rotatable bonds is 4. The third kappa shape index (κ3) is 2.37. The molecule has 0 aromatic carbocycles. The molecule has 1 atom stereocenters. The van der Waals surface area contributed by atoms with Gasteiger partial charge >= 0.3 is 0 Å². The van der Waals surface area contributed by atoms with Crippen LogP contribution in [0, 0.1) is 13.8 Å². The molecular formula is C13H18BrN3O. The summed E-state index contributed by atoms with van der Waals surface area (Å²) in [6.45, 7) is 6.86. The summed E-state index contributed by atoms with van der Waals surface area (Å²) in [5, 5.41) is 4.35. The molecule has 0 spiro atoms. The number of halogens is 1. The maximum absolute atomic E-state index is 6.36. The lowest BCUT2D eigenvalue weighted by atomic mass is 10.1. The van der Waals surface area contributed by atoms with Crippen molar-refractivity contribution in [3.8, 4) is 0 Å². The number of hydrogen-bond donors (Lipinski definition) is 1. The Kier molecular flexibility index (Phi) is 3.92. The lowest BCUT2D eigenvalue weighted by Crippen LogP contribution is -2.18. The van der Waals surface area contributed by atoms with Gasteiger partial charge in [0.15, 0.2) is 0 Å². The predicted molar refractivity (Wildman–Crippen MR) is 74.4 cm³/mol. The van der Waals surface area contributed by atoms with E-state index in [0.29, 0.717) is 0 Å². The number of nitrogens with zero attached hydrogens (tertiary/aromatic N) is 2. The summed E-state index contributed by atoms with van der Waals surface area (Å²) >= 11 is 3.52. The van der Waals surface area contributed by atoms with Crippen LogP contribution < -0.4 is 5.73 Å². The van der Waals surface area contributed by atoms with Gasteiger partial charge in [0.05, 0.1) is 22.4 Å². The summed E-state index contributed by atoms with van der Waals surface area (Å²) in [5.41, 5.74) is 8.38. The van der Waals surface area contributed by atoms with E-state index in [1.807, 2.05) is 24.6 Å². The van der Waals surface area contributed by atoms with Crippen molar-refractivity contribution in [2.75, 3.05) is 0 Å². The fraction of sp³-hybridized carbons (Fsp3) is 0.462. The quantitative estimate of drug-likeness (QED) is 0.942. The predicted octanol–water partition coefficient (Wildman–Crippen LogP) is 3.31. The fourth-order valence-electron chi connectivity index (χ4n) is 2.18. The first-order valence-electron chi connectivity index (χ1n) is 6.08. The van der Waals surface area contributed by atoms with Gasteiger partial charge in [0.25, 0.3) is 0 Å². The smallest absolute Gasteiger partial charge is 0.106 e. The SMILES string of the molecule is CCCn1ncc(Br)c1C(N)c1cc(C)oc1C. The Balaban J connectivity index is 2.42. The van der Waals surface area contributed by atoms with Gasteiger partial charge in [-0.2, -0.15) is 5.10 Å². The van der Waals surface area contributed by atoms with E-state index in [1.165, 1.54) is 0 Å². The van der Waals surface area contributed by atoms with Gasteiger partial charge < -0.3 is 10.2 Å². The standard InChI is InChI=1S/C13H18BrN3O/c1-4-5-17-13(11(14)7-16-17)12(15)10-6-8(2)18-9(10)3/h6-7,12H,4-5,15H2,1-3H3. The highest BCUT2D eigenvalue weighted by Crippen LogP contribution is 2.30. The largest absolute Gasteiger partial charge is 0.466 e. The molecule has 1 unspecified atom stereocenters. The second-order valence-electron chi connectivity index (χ2n) is 4.45. The monoisotopic (exact) mass is 311 g/mol. The molecule has 2 aromatic rings. The number of hydrogen-bond acceptors (Lipinski definition) is 3. The second-order valence-corrected chi connectivity index (χ2v) is 5.30. The molecule has 98 valence electrons. The summed E-state index contributed by atoms with van der Waals surface area (Å²) in [6, 6.07) is 1.78. The van der Waals surface area contributed by atoms with Crippen LogP contribution in [0.5, 0.6) is 0 Å². The summed E-state index contributed by atoms with van der Waals surface area (Å²) in [5.74, 6) is 1.76. The molecule has 2 rings (SSSR count). The molecular weight excluding hydrogens is 294 g/mol. The first-order chi connectivity index (χ1) is 8.54. The average Bonchev–Trinajstić information content (AvgIpc) is 2.82. The Morgan fingerprint density at radius 3 is 2.78 bits per heavy atom. The number of nitrogens with two attached hydrogens (primary N) is 1. The van der Waals surface area contributed by atoms with Gasteiger partial charge in [-0.1, -0.05) is 6.92 Å². The summed E-state index contributed by atoms with van der Waals surface area (Å²) in [4.78, 5) is 0. The zero-order valence-corrected chi connectivity index (χ0v) is 12.5. The zero-order valence-electron chi connectivity index (χ0n) is 10.9. The van der Waals surface area contributed by atoms with Gasteiger partial charge in [0.1, 0.15) is 11.5 Å². The minimum absolute atomic E-state index is 0.217. The summed E-state index contributed by atoms with van der Waals surface area (Å²) in [6.07, 6.45) is 2.82. The minimum atomic E-state index is -0.217. The highest BCUT2D eigenvalue weighted by atomic mass is 79.9. The maximum atomic E-state index is 6.36. The Morgan fingerprint density at radius 1 is 1.50 bits per heavy atom. The molecule has 5 heteroatoms. The molecule has 0 amide bonds. The fourth-order valence-corrected chi connectivity index (χ4v) is 2.72. The first kappa shape index (κ1) is 13.4. The van der Waals surface area contributed by atoms with E-state index in [1.54, 1.807) is 6.20 Å². The van der Waals surface area contributed by atoms with Crippen molar-refractivity contribution < 1.29 is 4.42 Å². The lowest BCUT2D eigenvalue weighted by molar-refractivity contribution is 0.496. The molecule has 0 radical (unpaired) electrons. The van der Waals surface area contributed by atoms with Gasteiger partial charge in [-0.25, -0.2) is 0 Å². The Bertz CT molecular complexity index is 544. The highest BCUT2D eigenvalue weighted by Gasteiger charge is 2.21. The van der Waals surface area contributed by atoms with Crippen LogP contribution in [0.3, 0.4) is 0 Å². The first-order valence-corrected chi connectivity index (χ1v) is 6.87. The van der Waals surface area contributed by atoms with E-state index < -0.39 is 0 Å². The molecule has 0 aliphatic carbocycles. The molecule has 2 heterocycles. The van der Waals surface area contributed by atoms with E-state index in [0.717, 1.165) is 40.2 Å². The van der Waals surface area contributed by atoms with Gasteiger partial charge in [-0.15, -0.1) is 0 Å². The van der Waals surface area contributed by atoms with Crippen LogP contribution in [0.15, 0.2) is 21.2 Å². The molecule has 0 aliphatic rings. The van der Waals surface area contributed by atoms with E-state index in [-0.39, 0.29) is 6.04 Å². The molecule has 18 heavy (non-hydrogen) atoms. The van der Waals surface area contributed by atoms with E-state index in [9.17, 15) is 0 Å². The van der Waals surface area contributed by atoms with Crippen molar-refractivity contribution >= 4 is 15.9 Å². The number of aryl methyl sites for hydroxylation is 3. The third-order valence-electron chi connectivity index (χ3n) is 2.98. The zero-order chi connectivity index (χ0) is 13.3. The van der Waals surface area contributed by atoms with E-state index in [2.05, 4.69) is 28.0 Å². The van der Waals surface area contributed by atoms with Crippen molar-refractivity contribution in [2.45, 2.75) is 39.8 Å². The van der Waals surface area contributed by atoms with Crippen molar-refractivity contribution in [3.05, 3.63) is 39.5 Å². The maximum Gasteiger partial charge on any atom is 0.106 e. The van der Waals surface area contributed by atoms with Crippen LogP contribution in [0.1, 0.15) is 42.2 Å². The molecule has 4 nitrogen and oxygen atoms in total. The molecule has 2 aromatic heterocycles. The van der Waals surface area contributed by atoms with Gasteiger partial charge in [-0.3, -0.25) is 4.68 Å². The normalized spacial score (nSPS) is 12.9. The van der Waals surface area contributed by atoms with Crippen LogP contribution in [0.4, 0.5) is 0 Å². The minimum Gasteiger partial charge on any atom is -0.466 e. The molecule has 0 saturated heterocycles. The van der Waals surface area contributed by atoms with Crippen LogP contribution in [-0.2, 0) is 6.54 Å². The molecule has 0 aliphatic heterocycles. The Morgan fingerprint density at radius 2 is 2.22 bits per heavy atom. The molecule has 0 fully saturated rings. The van der Waals surface area contributed by atoms with Crippen LogP contribution in [0.2, 0.25) is 0 Å². The third-order valence-corrected chi connectivity index (χ3v) is 3.59. The average molecular weight is 312 g/mol. The van der Waals surface area contributed by atoms with Crippen LogP contribution >= 0.6 is 15.9 Å². The van der Waals surface area contributed by atoms with Gasteiger partial charge in [0.2, 0.25) is 0 Å². The second kappa shape index (κ2) is 5.28. The van der Waals surface area contributed by atoms with E-state index in [4.69, 9.17) is 10.2 Å². The topological polar surface area (TPSA) is 57.0 Å². The molecule has 0 bridgehead atoms. The molecule has 0 saturated carbocycles. The van der Waals surface area contributed by atoms with E-state index >= 15 is 0 Å². The van der Waals surface area contributed by atoms with Crippen LogP contribution in [0.25, 0.3) is 0 Å². The van der Waals surface area contributed by atoms with Crippen molar-refractivity contribution in [1.82, 2.24) is 9.78 Å². The van der Waals surface area contributed by atoms with Gasteiger partial charge in [0, 0.05) is 12.1 Å². The van der Waals surface area contributed by atoms with Crippen LogP contribution in [-0.4, -0.2) is 9.78 Å². The van der Waals surface area contributed by atoms with Gasteiger partial charge in [-0.05, 0) is 42.3 Å². The Labute approximate surface area is 115 Å². The molecule has 2 N–H and O–H groups in total. The van der Waals surface area contributed by atoms with Crippen molar-refractivity contribution in [2.24, 2.45) is 5.73 Å². The van der Waals surface area contributed by atoms with Crippen molar-refractivity contribution in [1.29, 1.82) is 0 Å². The highest BCUT2D eigenvalue weighted by molar-refractivity contribution is 9.10. The van der Waals surface area contributed by atoms with Crippen molar-refractivity contribution in [3.63, 3.8) is 0 Å². The number of furan rings is 1. The lowest BCUT2D eigenvalue weighted by Gasteiger charge is -2.14. The Hall–Kier alpha value is -1.07.